The van der Waals surface area contributed by atoms with Crippen LogP contribution in [-0.4, -0.2) is 28.0 Å². The molecule has 18 heavy (non-hydrogen) atoms. The Kier molecular flexibility index (Phi) is 3.41. The van der Waals surface area contributed by atoms with Gasteiger partial charge in [0.1, 0.15) is 5.82 Å². The maximum Gasteiger partial charge on any atom is 0.180 e. The minimum absolute atomic E-state index is 0.251. The first kappa shape index (κ1) is 12.7. The van der Waals surface area contributed by atoms with Crippen LogP contribution in [0.25, 0.3) is 5.65 Å². The Morgan fingerprint density at radius 1 is 1.39 bits per heavy atom. The zero-order valence-electron chi connectivity index (χ0n) is 11.5. The van der Waals surface area contributed by atoms with E-state index in [4.69, 9.17) is 0 Å². The Morgan fingerprint density at radius 3 is 2.83 bits per heavy atom. The van der Waals surface area contributed by atoms with Crippen LogP contribution in [0.4, 0.5) is 11.6 Å². The summed E-state index contributed by atoms with van der Waals surface area (Å²) in [7, 11) is 1.87. The molecule has 0 spiro atoms. The molecule has 0 amide bonds. The first-order valence-corrected chi connectivity index (χ1v) is 6.31. The summed E-state index contributed by atoms with van der Waals surface area (Å²) >= 11 is 0. The summed E-state index contributed by atoms with van der Waals surface area (Å²) in [6.45, 7) is 7.56. The lowest BCUT2D eigenvalue weighted by atomic mass is 9.90. The van der Waals surface area contributed by atoms with E-state index in [2.05, 4.69) is 41.4 Å². The zero-order chi connectivity index (χ0) is 13.2. The predicted octanol–water partition coefficient (Wildman–Crippen LogP) is 2.62. The van der Waals surface area contributed by atoms with Crippen molar-refractivity contribution in [2.24, 2.45) is 5.41 Å². The zero-order valence-corrected chi connectivity index (χ0v) is 11.5. The fourth-order valence-corrected chi connectivity index (χ4v) is 1.62. The number of anilines is 2. The van der Waals surface area contributed by atoms with Gasteiger partial charge in [-0.2, -0.15) is 0 Å². The molecule has 5 nitrogen and oxygen atoms in total. The number of hydrogen-bond donors (Lipinski definition) is 2. The molecular formula is C13H21N5. The van der Waals surface area contributed by atoms with Crippen molar-refractivity contribution in [3.05, 3.63) is 18.6 Å². The van der Waals surface area contributed by atoms with Crippen molar-refractivity contribution in [3.8, 4) is 0 Å². The Hall–Kier alpha value is -1.78. The van der Waals surface area contributed by atoms with Crippen molar-refractivity contribution < 1.29 is 0 Å². The average molecular weight is 247 g/mol. The molecule has 0 radical (unpaired) electrons. The molecule has 0 atom stereocenters. The third-order valence-electron chi connectivity index (χ3n) is 3.32. The van der Waals surface area contributed by atoms with E-state index in [0.29, 0.717) is 0 Å². The lowest BCUT2D eigenvalue weighted by molar-refractivity contribution is 0.376. The SMILES string of the molecule is CCC(C)(C)CNc1nc(NC)cn2ccnc12. The van der Waals surface area contributed by atoms with Crippen LogP contribution in [-0.2, 0) is 0 Å². The normalized spacial score (nSPS) is 11.8. The van der Waals surface area contributed by atoms with Crippen LogP contribution in [0, 0.1) is 5.41 Å². The van der Waals surface area contributed by atoms with E-state index in [1.54, 1.807) is 6.20 Å². The van der Waals surface area contributed by atoms with Crippen molar-refractivity contribution >= 4 is 17.3 Å². The highest BCUT2D eigenvalue weighted by Gasteiger charge is 2.16. The van der Waals surface area contributed by atoms with Crippen LogP contribution in [0.1, 0.15) is 27.2 Å². The molecule has 0 aliphatic heterocycles. The van der Waals surface area contributed by atoms with Gasteiger partial charge in [-0.15, -0.1) is 0 Å². The molecule has 0 unspecified atom stereocenters. The van der Waals surface area contributed by atoms with E-state index < -0.39 is 0 Å². The van der Waals surface area contributed by atoms with Crippen LogP contribution in [0.2, 0.25) is 0 Å². The van der Waals surface area contributed by atoms with Crippen LogP contribution in [0.5, 0.6) is 0 Å². The minimum atomic E-state index is 0.251. The lowest BCUT2D eigenvalue weighted by Gasteiger charge is -2.23. The van der Waals surface area contributed by atoms with Gasteiger partial charge in [-0.1, -0.05) is 20.8 Å². The second kappa shape index (κ2) is 4.84. The molecule has 0 saturated heterocycles. The van der Waals surface area contributed by atoms with Gasteiger partial charge in [0.15, 0.2) is 11.5 Å². The standard InChI is InChI=1S/C13H21N5/c1-5-13(2,3)9-16-11-12-15-6-7-18(12)8-10(14-4)17-11/h6-8,14H,5,9H2,1-4H3,(H,16,17). The number of fused-ring (bicyclic) bond motifs is 1. The lowest BCUT2D eigenvalue weighted by Crippen LogP contribution is -2.23. The maximum absolute atomic E-state index is 4.52. The Bertz CT molecular complexity index is 529. The fraction of sp³-hybridized carbons (Fsp3) is 0.538. The van der Waals surface area contributed by atoms with Crippen LogP contribution < -0.4 is 10.6 Å². The number of nitrogens with zero attached hydrogens (tertiary/aromatic N) is 3. The molecule has 98 valence electrons. The quantitative estimate of drug-likeness (QED) is 0.852. The molecule has 0 aromatic carbocycles. The largest absolute Gasteiger partial charge is 0.372 e. The second-order valence-corrected chi connectivity index (χ2v) is 5.25. The molecule has 2 aromatic rings. The Balaban J connectivity index is 2.28. The van der Waals surface area contributed by atoms with Crippen molar-refractivity contribution in [3.63, 3.8) is 0 Å². The monoisotopic (exact) mass is 247 g/mol. The van der Waals surface area contributed by atoms with Gasteiger partial charge < -0.3 is 15.0 Å². The summed E-state index contributed by atoms with van der Waals surface area (Å²) in [5.74, 6) is 1.66. The average Bonchev–Trinajstić information content (AvgIpc) is 2.84. The van der Waals surface area contributed by atoms with Crippen molar-refractivity contribution in [1.82, 2.24) is 14.4 Å². The highest BCUT2D eigenvalue weighted by Crippen LogP contribution is 2.22. The van der Waals surface area contributed by atoms with Gasteiger partial charge in [0.2, 0.25) is 0 Å². The van der Waals surface area contributed by atoms with Gasteiger partial charge in [-0.25, -0.2) is 9.97 Å². The summed E-state index contributed by atoms with van der Waals surface area (Å²) in [6.07, 6.45) is 6.76. The van der Waals surface area contributed by atoms with Gasteiger partial charge in [-0.05, 0) is 11.8 Å². The summed E-state index contributed by atoms with van der Waals surface area (Å²) < 4.78 is 1.97. The van der Waals surface area contributed by atoms with E-state index in [9.17, 15) is 0 Å². The van der Waals surface area contributed by atoms with E-state index in [1.165, 1.54) is 0 Å². The first-order chi connectivity index (χ1) is 8.55. The van der Waals surface area contributed by atoms with E-state index in [0.717, 1.165) is 30.2 Å². The van der Waals surface area contributed by atoms with Crippen molar-refractivity contribution in [1.29, 1.82) is 0 Å². The van der Waals surface area contributed by atoms with Crippen LogP contribution in [0.3, 0.4) is 0 Å². The minimum Gasteiger partial charge on any atom is -0.372 e. The first-order valence-electron chi connectivity index (χ1n) is 6.31. The van der Waals surface area contributed by atoms with Crippen molar-refractivity contribution in [2.75, 3.05) is 24.2 Å². The molecule has 2 rings (SSSR count). The molecule has 0 saturated carbocycles. The van der Waals surface area contributed by atoms with Crippen LogP contribution >= 0.6 is 0 Å². The molecule has 0 fully saturated rings. The van der Waals surface area contributed by atoms with Gasteiger partial charge >= 0.3 is 0 Å². The molecule has 0 aliphatic carbocycles. The van der Waals surface area contributed by atoms with Crippen molar-refractivity contribution in [2.45, 2.75) is 27.2 Å². The molecule has 2 aromatic heterocycles. The highest BCUT2D eigenvalue weighted by molar-refractivity contribution is 5.65. The third-order valence-corrected chi connectivity index (χ3v) is 3.32. The van der Waals surface area contributed by atoms with E-state index in [1.807, 2.05) is 23.8 Å². The summed E-state index contributed by atoms with van der Waals surface area (Å²) in [5, 5.41) is 6.47. The Morgan fingerprint density at radius 2 is 2.17 bits per heavy atom. The molecule has 2 heterocycles. The number of hydrogen-bond acceptors (Lipinski definition) is 4. The third kappa shape index (κ3) is 2.55. The fourth-order valence-electron chi connectivity index (χ4n) is 1.62. The van der Waals surface area contributed by atoms with Gasteiger partial charge in [0.25, 0.3) is 0 Å². The molecule has 0 bridgehead atoms. The van der Waals surface area contributed by atoms with Gasteiger partial charge in [-0.3, -0.25) is 0 Å². The smallest absolute Gasteiger partial charge is 0.180 e. The van der Waals surface area contributed by atoms with E-state index >= 15 is 0 Å². The highest BCUT2D eigenvalue weighted by atomic mass is 15.1. The molecule has 0 aliphatic rings. The number of nitrogens with one attached hydrogen (secondary N) is 2. The summed E-state index contributed by atoms with van der Waals surface area (Å²) in [5.41, 5.74) is 1.11. The Labute approximate surface area is 108 Å². The summed E-state index contributed by atoms with van der Waals surface area (Å²) in [4.78, 5) is 8.85. The van der Waals surface area contributed by atoms with Gasteiger partial charge in [0.05, 0.1) is 6.20 Å². The van der Waals surface area contributed by atoms with Crippen LogP contribution in [0.15, 0.2) is 18.6 Å². The molecular weight excluding hydrogens is 226 g/mol. The molecule has 5 heteroatoms. The van der Waals surface area contributed by atoms with E-state index in [-0.39, 0.29) is 5.41 Å². The predicted molar refractivity (Wildman–Crippen MR) is 75.1 cm³/mol. The number of rotatable bonds is 5. The maximum atomic E-state index is 4.52. The summed E-state index contributed by atoms with van der Waals surface area (Å²) in [6, 6.07) is 0. The second-order valence-electron chi connectivity index (χ2n) is 5.25. The topological polar surface area (TPSA) is 54.2 Å². The number of aromatic nitrogens is 3. The molecule has 2 N–H and O–H groups in total. The number of imidazole rings is 1. The van der Waals surface area contributed by atoms with Gasteiger partial charge in [0, 0.05) is 26.0 Å².